The Morgan fingerprint density at radius 3 is 2.30 bits per heavy atom. The highest BCUT2D eigenvalue weighted by atomic mass is 79.9. The zero-order chi connectivity index (χ0) is 28.9. The quantitative estimate of drug-likeness (QED) is 0.357. The predicted octanol–water partition coefficient (Wildman–Crippen LogP) is 4.36. The molecule has 0 aromatic heterocycles. The van der Waals surface area contributed by atoms with Gasteiger partial charge in [-0.3, -0.25) is 13.9 Å². The molecule has 0 bridgehead atoms. The fraction of sp³-hybridized carbons (Fsp3) is 0.310. The largest absolute Gasteiger partial charge is 0.486 e. The molecule has 0 aliphatic carbocycles. The van der Waals surface area contributed by atoms with Crippen LogP contribution in [-0.2, 0) is 26.2 Å². The van der Waals surface area contributed by atoms with Crippen molar-refractivity contribution in [2.45, 2.75) is 44.3 Å². The van der Waals surface area contributed by atoms with Crippen molar-refractivity contribution in [3.05, 3.63) is 82.8 Å². The van der Waals surface area contributed by atoms with Gasteiger partial charge in [0.05, 0.1) is 10.6 Å². The summed E-state index contributed by atoms with van der Waals surface area (Å²) in [6.45, 7) is 5.58. The highest BCUT2D eigenvalue weighted by Crippen LogP contribution is 2.36. The lowest BCUT2D eigenvalue weighted by Crippen LogP contribution is -2.52. The lowest BCUT2D eigenvalue weighted by atomic mass is 10.1. The Bertz CT molecular complexity index is 1470. The molecule has 2 amide bonds. The van der Waals surface area contributed by atoms with Crippen LogP contribution in [0.15, 0.2) is 82.2 Å². The van der Waals surface area contributed by atoms with E-state index in [9.17, 15) is 18.0 Å². The second-order valence-electron chi connectivity index (χ2n) is 9.64. The molecule has 0 unspecified atom stereocenters. The Hall–Kier alpha value is -3.57. The SMILES string of the molecule is CC(C)NC(=O)[C@H](C)N(Cc1cccc(Br)c1)C(=O)CN(c1ccc2c(c1)OCCO2)S(=O)(=O)c1ccccc1. The Kier molecular flexibility index (Phi) is 9.36. The van der Waals surface area contributed by atoms with E-state index in [1.165, 1.54) is 17.0 Å². The molecular weight excluding hydrogens is 598 g/mol. The predicted molar refractivity (Wildman–Crippen MR) is 156 cm³/mol. The number of anilines is 1. The van der Waals surface area contributed by atoms with Crippen LogP contribution in [0.2, 0.25) is 0 Å². The van der Waals surface area contributed by atoms with Crippen LogP contribution in [0, 0.1) is 0 Å². The van der Waals surface area contributed by atoms with E-state index in [4.69, 9.17) is 9.47 Å². The summed E-state index contributed by atoms with van der Waals surface area (Å²) in [5.74, 6) is 0.00435. The minimum absolute atomic E-state index is 0.0295. The lowest BCUT2D eigenvalue weighted by Gasteiger charge is -2.32. The van der Waals surface area contributed by atoms with Crippen LogP contribution in [0.4, 0.5) is 5.69 Å². The zero-order valence-electron chi connectivity index (χ0n) is 22.5. The van der Waals surface area contributed by atoms with Gasteiger partial charge in [0.15, 0.2) is 11.5 Å². The summed E-state index contributed by atoms with van der Waals surface area (Å²) in [4.78, 5) is 28.4. The molecule has 1 heterocycles. The summed E-state index contributed by atoms with van der Waals surface area (Å²) >= 11 is 3.45. The van der Waals surface area contributed by atoms with Crippen molar-refractivity contribution in [2.75, 3.05) is 24.1 Å². The van der Waals surface area contributed by atoms with Gasteiger partial charge in [0.2, 0.25) is 11.8 Å². The van der Waals surface area contributed by atoms with Crippen LogP contribution in [0.25, 0.3) is 0 Å². The summed E-state index contributed by atoms with van der Waals surface area (Å²) in [5.41, 5.74) is 1.02. The molecule has 11 heteroatoms. The molecule has 4 rings (SSSR count). The van der Waals surface area contributed by atoms with E-state index in [0.717, 1.165) is 14.3 Å². The first kappa shape index (κ1) is 29.4. The van der Waals surface area contributed by atoms with Crippen molar-refractivity contribution in [1.82, 2.24) is 10.2 Å². The molecule has 0 radical (unpaired) electrons. The molecule has 1 N–H and O–H groups in total. The fourth-order valence-electron chi connectivity index (χ4n) is 4.26. The van der Waals surface area contributed by atoms with Gasteiger partial charge in [0, 0.05) is 23.1 Å². The standard InChI is InChI=1S/C29H32BrN3O6S/c1-20(2)31-29(35)21(3)32(18-22-8-7-9-23(30)16-22)28(34)19-33(40(36,37)25-10-5-4-6-11-25)24-12-13-26-27(17-24)39-15-14-38-26/h4-13,16-17,20-21H,14-15,18-19H2,1-3H3,(H,31,35)/t21-/m0/s1. The highest BCUT2D eigenvalue weighted by Gasteiger charge is 2.33. The normalized spacial score (nSPS) is 13.4. The van der Waals surface area contributed by atoms with Gasteiger partial charge < -0.3 is 19.7 Å². The van der Waals surface area contributed by atoms with E-state index in [-0.39, 0.29) is 29.1 Å². The van der Waals surface area contributed by atoms with E-state index in [1.54, 1.807) is 43.3 Å². The number of benzene rings is 3. The summed E-state index contributed by atoms with van der Waals surface area (Å²) in [7, 11) is -4.17. The first-order valence-corrected chi connectivity index (χ1v) is 15.1. The number of hydrogen-bond acceptors (Lipinski definition) is 6. The summed E-state index contributed by atoms with van der Waals surface area (Å²) in [6.07, 6.45) is 0. The Labute approximate surface area is 243 Å². The maximum atomic E-state index is 14.0. The fourth-order valence-corrected chi connectivity index (χ4v) is 6.13. The summed E-state index contributed by atoms with van der Waals surface area (Å²) in [6, 6.07) is 19.1. The number of halogens is 1. The van der Waals surface area contributed by atoms with Gasteiger partial charge in [-0.25, -0.2) is 8.42 Å². The second kappa shape index (κ2) is 12.7. The number of rotatable bonds is 10. The summed E-state index contributed by atoms with van der Waals surface area (Å²) < 4.78 is 41.0. The first-order chi connectivity index (χ1) is 19.1. The first-order valence-electron chi connectivity index (χ1n) is 12.9. The number of sulfonamides is 1. The molecule has 1 aliphatic rings. The number of nitrogens with zero attached hydrogens (tertiary/aromatic N) is 2. The average Bonchev–Trinajstić information content (AvgIpc) is 2.94. The molecular formula is C29H32BrN3O6S. The number of carbonyl (C=O) groups is 2. The highest BCUT2D eigenvalue weighted by molar-refractivity contribution is 9.10. The van der Waals surface area contributed by atoms with Crippen LogP contribution in [0.3, 0.4) is 0 Å². The van der Waals surface area contributed by atoms with Crippen LogP contribution >= 0.6 is 15.9 Å². The van der Waals surface area contributed by atoms with Gasteiger partial charge in [-0.2, -0.15) is 0 Å². The number of hydrogen-bond donors (Lipinski definition) is 1. The van der Waals surface area contributed by atoms with Crippen molar-refractivity contribution in [3.63, 3.8) is 0 Å². The van der Waals surface area contributed by atoms with Crippen molar-refractivity contribution in [3.8, 4) is 11.5 Å². The van der Waals surface area contributed by atoms with Gasteiger partial charge in [-0.1, -0.05) is 46.3 Å². The lowest BCUT2D eigenvalue weighted by molar-refractivity contribution is -0.139. The number of nitrogens with one attached hydrogen (secondary N) is 1. The molecule has 212 valence electrons. The number of carbonyl (C=O) groups excluding carboxylic acids is 2. The second-order valence-corrected chi connectivity index (χ2v) is 12.4. The minimum Gasteiger partial charge on any atom is -0.486 e. The molecule has 3 aromatic carbocycles. The van der Waals surface area contributed by atoms with Gasteiger partial charge >= 0.3 is 0 Å². The van der Waals surface area contributed by atoms with Gasteiger partial charge in [0.1, 0.15) is 25.8 Å². The van der Waals surface area contributed by atoms with E-state index < -0.39 is 28.5 Å². The Morgan fingerprint density at radius 1 is 0.925 bits per heavy atom. The summed E-state index contributed by atoms with van der Waals surface area (Å²) in [5, 5.41) is 2.85. The number of ether oxygens (including phenoxy) is 2. The number of fused-ring (bicyclic) bond motifs is 1. The molecule has 1 aliphatic heterocycles. The molecule has 1 atom stereocenters. The van der Waals surface area contributed by atoms with Crippen molar-refractivity contribution < 1.29 is 27.5 Å². The maximum Gasteiger partial charge on any atom is 0.264 e. The van der Waals surface area contributed by atoms with E-state index >= 15 is 0 Å². The molecule has 0 fully saturated rings. The van der Waals surface area contributed by atoms with Crippen LogP contribution in [0.1, 0.15) is 26.3 Å². The zero-order valence-corrected chi connectivity index (χ0v) is 24.9. The van der Waals surface area contributed by atoms with E-state index in [2.05, 4.69) is 21.2 Å². The third-order valence-electron chi connectivity index (χ3n) is 6.26. The smallest absolute Gasteiger partial charge is 0.264 e. The Morgan fingerprint density at radius 2 is 1.62 bits per heavy atom. The molecule has 40 heavy (non-hydrogen) atoms. The van der Waals surface area contributed by atoms with Crippen molar-refractivity contribution in [1.29, 1.82) is 0 Å². The third kappa shape index (κ3) is 6.95. The van der Waals surface area contributed by atoms with E-state index in [0.29, 0.717) is 24.7 Å². The Balaban J connectivity index is 1.73. The molecule has 3 aromatic rings. The molecule has 0 saturated heterocycles. The van der Waals surface area contributed by atoms with Crippen molar-refractivity contribution in [2.24, 2.45) is 0 Å². The van der Waals surface area contributed by atoms with Crippen LogP contribution in [-0.4, -0.2) is 57.0 Å². The topological polar surface area (TPSA) is 105 Å². The van der Waals surface area contributed by atoms with Crippen LogP contribution in [0.5, 0.6) is 11.5 Å². The van der Waals surface area contributed by atoms with Gasteiger partial charge in [-0.05, 0) is 62.7 Å². The van der Waals surface area contributed by atoms with Crippen LogP contribution < -0.4 is 19.1 Å². The third-order valence-corrected chi connectivity index (χ3v) is 8.55. The van der Waals surface area contributed by atoms with Gasteiger partial charge in [0.25, 0.3) is 10.0 Å². The van der Waals surface area contributed by atoms with E-state index in [1.807, 2.05) is 38.1 Å². The monoisotopic (exact) mass is 629 g/mol. The maximum absolute atomic E-state index is 14.0. The van der Waals surface area contributed by atoms with Crippen molar-refractivity contribution >= 4 is 43.5 Å². The minimum atomic E-state index is -4.17. The number of amides is 2. The van der Waals surface area contributed by atoms with Gasteiger partial charge in [-0.15, -0.1) is 0 Å². The molecule has 9 nitrogen and oxygen atoms in total. The molecule has 0 saturated carbocycles. The molecule has 0 spiro atoms. The average molecular weight is 631 g/mol.